The van der Waals surface area contributed by atoms with Crippen molar-refractivity contribution in [1.82, 2.24) is 14.5 Å². The maximum Gasteiger partial charge on any atom is 0.203 e. The number of nitrogens with zero attached hydrogens (tertiary/aromatic N) is 3. The number of benzene rings is 1. The monoisotopic (exact) mass is 276 g/mol. The highest BCUT2D eigenvalue weighted by molar-refractivity contribution is 6.01. The number of aromatic nitrogens is 3. The van der Waals surface area contributed by atoms with Gasteiger partial charge in [-0.1, -0.05) is 6.07 Å². The van der Waals surface area contributed by atoms with Crippen LogP contribution in [0.1, 0.15) is 0 Å². The average Bonchev–Trinajstić information content (AvgIpc) is 2.68. The second-order valence-electron chi connectivity index (χ2n) is 4.35. The molecule has 0 radical (unpaired) electrons. The number of rotatable bonds is 1. The van der Waals surface area contributed by atoms with Crippen LogP contribution in [0.4, 0.5) is 14.6 Å². The molecule has 0 saturated heterocycles. The summed E-state index contributed by atoms with van der Waals surface area (Å²) in [6.45, 7) is 0. The minimum Gasteiger partial charge on any atom is -0.505 e. The van der Waals surface area contributed by atoms with Crippen molar-refractivity contribution in [3.05, 3.63) is 36.3 Å². The Bertz CT molecular complexity index is 829. The Morgan fingerprint density at radius 3 is 2.70 bits per heavy atom. The van der Waals surface area contributed by atoms with E-state index in [1.54, 1.807) is 0 Å². The number of nitrogens with two attached hydrogens (primary N) is 1. The third kappa shape index (κ3) is 1.59. The number of aromatic hydroxyl groups is 1. The van der Waals surface area contributed by atoms with Crippen molar-refractivity contribution in [2.75, 3.05) is 5.73 Å². The first-order chi connectivity index (χ1) is 9.50. The molecule has 3 rings (SSSR count). The smallest absolute Gasteiger partial charge is 0.203 e. The molecule has 20 heavy (non-hydrogen) atoms. The van der Waals surface area contributed by atoms with E-state index >= 15 is 0 Å². The fourth-order valence-electron chi connectivity index (χ4n) is 2.18. The van der Waals surface area contributed by atoms with Crippen LogP contribution in [0.3, 0.4) is 0 Å². The predicted molar refractivity (Wildman–Crippen MR) is 69.9 cm³/mol. The van der Waals surface area contributed by atoms with Crippen LogP contribution in [0.25, 0.3) is 22.2 Å². The quantitative estimate of drug-likeness (QED) is 0.714. The Balaban J connectivity index is 2.41. The van der Waals surface area contributed by atoms with Gasteiger partial charge in [0.05, 0.1) is 5.39 Å². The molecular weight excluding hydrogens is 266 g/mol. The number of fused-ring (bicyclic) bond motifs is 1. The topological polar surface area (TPSA) is 77.0 Å². The van der Waals surface area contributed by atoms with Crippen molar-refractivity contribution in [3.63, 3.8) is 0 Å². The van der Waals surface area contributed by atoms with E-state index in [1.165, 1.54) is 24.0 Å². The van der Waals surface area contributed by atoms with Gasteiger partial charge in [-0.15, -0.1) is 0 Å². The molecular formula is C13H10F2N4O. The molecule has 0 aliphatic rings. The van der Waals surface area contributed by atoms with E-state index < -0.39 is 17.5 Å². The van der Waals surface area contributed by atoms with Crippen LogP contribution in [-0.4, -0.2) is 19.6 Å². The zero-order valence-corrected chi connectivity index (χ0v) is 10.4. The number of halogens is 2. The second-order valence-corrected chi connectivity index (χ2v) is 4.35. The molecule has 7 heteroatoms. The largest absolute Gasteiger partial charge is 0.505 e. The lowest BCUT2D eigenvalue weighted by Crippen LogP contribution is -1.95. The molecule has 0 saturated carbocycles. The molecule has 2 heterocycles. The van der Waals surface area contributed by atoms with Crippen molar-refractivity contribution >= 4 is 16.9 Å². The van der Waals surface area contributed by atoms with Crippen LogP contribution in [-0.2, 0) is 7.05 Å². The summed E-state index contributed by atoms with van der Waals surface area (Å²) >= 11 is 0. The zero-order valence-electron chi connectivity index (χ0n) is 10.4. The number of phenols is 1. The van der Waals surface area contributed by atoms with Crippen LogP contribution < -0.4 is 5.73 Å². The van der Waals surface area contributed by atoms with Crippen molar-refractivity contribution in [2.45, 2.75) is 0 Å². The molecule has 0 bridgehead atoms. The van der Waals surface area contributed by atoms with Gasteiger partial charge in [0.2, 0.25) is 5.95 Å². The van der Waals surface area contributed by atoms with Gasteiger partial charge in [0.25, 0.3) is 0 Å². The molecule has 1 aromatic carbocycles. The van der Waals surface area contributed by atoms with Crippen molar-refractivity contribution < 1.29 is 13.9 Å². The highest BCUT2D eigenvalue weighted by atomic mass is 19.1. The Labute approximate surface area is 112 Å². The lowest BCUT2D eigenvalue weighted by molar-refractivity contribution is 0.432. The fourth-order valence-corrected chi connectivity index (χ4v) is 2.18. The first-order valence-electron chi connectivity index (χ1n) is 5.74. The number of hydrogen-bond donors (Lipinski definition) is 2. The van der Waals surface area contributed by atoms with E-state index in [-0.39, 0.29) is 11.4 Å². The SMILES string of the molecule is Cn1c(F)c(-c2ccc(F)c(O)c2)c2c(N)ncnc21. The Morgan fingerprint density at radius 1 is 1.25 bits per heavy atom. The summed E-state index contributed by atoms with van der Waals surface area (Å²) in [5.74, 6) is -1.81. The summed E-state index contributed by atoms with van der Waals surface area (Å²) in [7, 11) is 1.50. The van der Waals surface area contributed by atoms with Gasteiger partial charge in [-0.05, 0) is 17.7 Å². The molecule has 3 aromatic rings. The standard InChI is InChI=1S/C13H10F2N4O/c1-19-11(15)9(6-2-3-7(14)8(20)4-6)10-12(16)17-5-18-13(10)19/h2-5,20H,1H3,(H2,16,17,18). The molecule has 0 amide bonds. The summed E-state index contributed by atoms with van der Waals surface area (Å²) in [5.41, 5.74) is 6.54. The van der Waals surface area contributed by atoms with E-state index in [1.807, 2.05) is 0 Å². The normalized spacial score (nSPS) is 11.2. The Morgan fingerprint density at radius 2 is 2.00 bits per heavy atom. The van der Waals surface area contributed by atoms with Gasteiger partial charge in [0.1, 0.15) is 17.8 Å². The zero-order chi connectivity index (χ0) is 14.4. The molecule has 3 N–H and O–H groups in total. The minimum absolute atomic E-state index is 0.119. The molecule has 0 fully saturated rings. The molecule has 0 spiro atoms. The lowest BCUT2D eigenvalue weighted by atomic mass is 10.1. The van der Waals surface area contributed by atoms with E-state index in [0.29, 0.717) is 16.6 Å². The Kier molecular flexibility index (Phi) is 2.56. The molecule has 0 atom stereocenters. The van der Waals surface area contributed by atoms with Crippen LogP contribution in [0.5, 0.6) is 5.75 Å². The van der Waals surface area contributed by atoms with E-state index in [9.17, 15) is 13.9 Å². The second kappa shape index (κ2) is 4.16. The first-order valence-corrected chi connectivity index (χ1v) is 5.74. The predicted octanol–water partition coefficient (Wildman–Crippen LogP) is 2.20. The maximum atomic E-state index is 14.4. The van der Waals surface area contributed by atoms with E-state index in [0.717, 1.165) is 12.1 Å². The van der Waals surface area contributed by atoms with Gasteiger partial charge in [-0.3, -0.25) is 0 Å². The average molecular weight is 276 g/mol. The summed E-state index contributed by atoms with van der Waals surface area (Å²) in [6, 6.07) is 3.56. The van der Waals surface area contributed by atoms with Crippen molar-refractivity contribution in [2.24, 2.45) is 7.05 Å². The number of aryl methyl sites for hydroxylation is 1. The minimum atomic E-state index is -0.779. The van der Waals surface area contributed by atoms with Crippen molar-refractivity contribution in [3.8, 4) is 16.9 Å². The fraction of sp³-hybridized carbons (Fsp3) is 0.0769. The third-order valence-corrected chi connectivity index (χ3v) is 3.16. The highest BCUT2D eigenvalue weighted by Gasteiger charge is 2.21. The summed E-state index contributed by atoms with van der Waals surface area (Å²) in [6.07, 6.45) is 1.24. The van der Waals surface area contributed by atoms with Crippen LogP contribution in [0.15, 0.2) is 24.5 Å². The third-order valence-electron chi connectivity index (χ3n) is 3.16. The first kappa shape index (κ1) is 12.3. The van der Waals surface area contributed by atoms with Crippen molar-refractivity contribution in [1.29, 1.82) is 0 Å². The van der Waals surface area contributed by atoms with Gasteiger partial charge in [0, 0.05) is 12.6 Å². The number of phenolic OH excluding ortho intramolecular Hbond substituents is 1. The van der Waals surface area contributed by atoms with Gasteiger partial charge < -0.3 is 15.4 Å². The van der Waals surface area contributed by atoms with Crippen LogP contribution in [0.2, 0.25) is 0 Å². The molecule has 102 valence electrons. The van der Waals surface area contributed by atoms with Crippen LogP contribution >= 0.6 is 0 Å². The van der Waals surface area contributed by atoms with Gasteiger partial charge in [0.15, 0.2) is 11.6 Å². The summed E-state index contributed by atoms with van der Waals surface area (Å²) in [5, 5.41) is 9.77. The summed E-state index contributed by atoms with van der Waals surface area (Å²) < 4.78 is 28.7. The van der Waals surface area contributed by atoms with Gasteiger partial charge >= 0.3 is 0 Å². The molecule has 0 unspecified atom stereocenters. The Hall–Kier alpha value is -2.70. The van der Waals surface area contributed by atoms with E-state index in [2.05, 4.69) is 9.97 Å². The number of hydrogen-bond acceptors (Lipinski definition) is 4. The molecule has 0 aliphatic carbocycles. The highest BCUT2D eigenvalue weighted by Crippen LogP contribution is 2.36. The van der Waals surface area contributed by atoms with E-state index in [4.69, 9.17) is 5.73 Å². The molecule has 2 aromatic heterocycles. The maximum absolute atomic E-state index is 14.4. The molecule has 5 nitrogen and oxygen atoms in total. The molecule has 0 aliphatic heterocycles. The van der Waals surface area contributed by atoms with Gasteiger partial charge in [-0.25, -0.2) is 14.4 Å². The number of nitrogen functional groups attached to an aromatic ring is 1. The summed E-state index contributed by atoms with van der Waals surface area (Å²) in [4.78, 5) is 7.82. The number of anilines is 1. The van der Waals surface area contributed by atoms with Crippen LogP contribution in [0, 0.1) is 11.8 Å². The lowest BCUT2D eigenvalue weighted by Gasteiger charge is -2.03. The van der Waals surface area contributed by atoms with Gasteiger partial charge in [-0.2, -0.15) is 4.39 Å².